The van der Waals surface area contributed by atoms with Crippen LogP contribution in [-0.4, -0.2) is 42.7 Å². The number of carbonyl (C=O) groups excluding carboxylic acids is 2. The first-order valence-electron chi connectivity index (χ1n) is 18.8. The molecule has 0 radical (unpaired) electrons. The SMILES string of the molecule is CC(C)(C)[Si](OC[C@H]1C[C@@H]2C(=O)N(c3ccc(Nc4ccccc4)cc3)C(=O)[C@@H]2[C@@H]2C[C@@H](c3ccc(O)c(F)c3)O[C@]12O)(c1ccccc1)c1ccccc1. The summed E-state index contributed by atoms with van der Waals surface area (Å²) in [6, 6.07) is 41.2. The lowest BCUT2D eigenvalue weighted by atomic mass is 9.64. The lowest BCUT2D eigenvalue weighted by Gasteiger charge is -2.48. The number of phenols is 1. The van der Waals surface area contributed by atoms with Crippen molar-refractivity contribution >= 4 is 47.6 Å². The Morgan fingerprint density at radius 1 is 0.818 bits per heavy atom. The normalized spacial score (nSPS) is 25.1. The summed E-state index contributed by atoms with van der Waals surface area (Å²) in [4.78, 5) is 30.2. The second-order valence-electron chi connectivity index (χ2n) is 16.0. The molecule has 5 aromatic carbocycles. The number of fused-ring (bicyclic) bond motifs is 3. The quantitative estimate of drug-likeness (QED) is 0.106. The minimum atomic E-state index is -3.08. The van der Waals surface area contributed by atoms with Gasteiger partial charge in [-0.2, -0.15) is 0 Å². The Bertz CT molecular complexity index is 2140. The van der Waals surface area contributed by atoms with E-state index in [1.165, 1.54) is 17.0 Å². The maximum absolute atomic E-state index is 14.7. The molecule has 55 heavy (non-hydrogen) atoms. The number of hydrogen-bond acceptors (Lipinski definition) is 7. The fourth-order valence-corrected chi connectivity index (χ4v) is 13.8. The van der Waals surface area contributed by atoms with Crippen molar-refractivity contribution in [3.8, 4) is 5.75 Å². The third kappa shape index (κ3) is 6.36. The number of phenolic OH excluding ortho intramolecular Hbond substituents is 1. The Morgan fingerprint density at radius 3 is 1.98 bits per heavy atom. The van der Waals surface area contributed by atoms with Crippen molar-refractivity contribution in [2.45, 2.75) is 50.5 Å². The van der Waals surface area contributed by atoms with Crippen LogP contribution < -0.4 is 20.6 Å². The molecule has 282 valence electrons. The lowest BCUT2D eigenvalue weighted by molar-refractivity contribution is -0.273. The van der Waals surface area contributed by atoms with Gasteiger partial charge >= 0.3 is 0 Å². The van der Waals surface area contributed by atoms with E-state index in [0.717, 1.165) is 21.7 Å². The van der Waals surface area contributed by atoms with Crippen molar-refractivity contribution in [2.24, 2.45) is 23.7 Å². The largest absolute Gasteiger partial charge is 0.505 e. The number of rotatable bonds is 9. The Kier molecular flexibility index (Phi) is 9.49. The van der Waals surface area contributed by atoms with Gasteiger partial charge in [0.25, 0.3) is 8.32 Å². The first-order valence-corrected chi connectivity index (χ1v) is 20.7. The maximum atomic E-state index is 14.7. The predicted molar refractivity (Wildman–Crippen MR) is 212 cm³/mol. The van der Waals surface area contributed by atoms with Gasteiger partial charge < -0.3 is 24.7 Å². The van der Waals surface area contributed by atoms with Crippen LogP contribution in [0.1, 0.15) is 45.3 Å². The molecule has 2 heterocycles. The van der Waals surface area contributed by atoms with E-state index in [-0.39, 0.29) is 30.4 Å². The van der Waals surface area contributed by atoms with Crippen LogP contribution in [0.15, 0.2) is 133 Å². The number of ether oxygens (including phenoxy) is 1. The average molecular weight is 757 g/mol. The number of carbonyl (C=O) groups is 2. The predicted octanol–water partition coefficient (Wildman–Crippen LogP) is 7.44. The molecule has 5 aromatic rings. The van der Waals surface area contributed by atoms with E-state index in [1.807, 2.05) is 78.9 Å². The van der Waals surface area contributed by atoms with Crippen molar-refractivity contribution in [3.05, 3.63) is 145 Å². The molecule has 0 spiro atoms. The first-order chi connectivity index (χ1) is 26.4. The molecule has 2 saturated heterocycles. The van der Waals surface area contributed by atoms with Gasteiger partial charge in [0.15, 0.2) is 17.4 Å². The van der Waals surface area contributed by atoms with Gasteiger partial charge in [-0.25, -0.2) is 4.39 Å². The topological polar surface area (TPSA) is 108 Å². The zero-order chi connectivity index (χ0) is 38.5. The van der Waals surface area contributed by atoms with Crippen LogP contribution in [0.2, 0.25) is 5.04 Å². The van der Waals surface area contributed by atoms with Gasteiger partial charge in [-0.1, -0.05) is 106 Å². The van der Waals surface area contributed by atoms with Gasteiger partial charge in [0.1, 0.15) is 0 Å². The average Bonchev–Trinajstić information content (AvgIpc) is 3.67. The molecule has 0 unspecified atom stereocenters. The Labute approximate surface area is 321 Å². The molecule has 8 nitrogen and oxygen atoms in total. The first kappa shape index (κ1) is 36.8. The number of hydrogen-bond donors (Lipinski definition) is 3. The van der Waals surface area contributed by atoms with Crippen LogP contribution in [0, 0.1) is 29.5 Å². The van der Waals surface area contributed by atoms with Gasteiger partial charge in [0.05, 0.1) is 23.6 Å². The summed E-state index contributed by atoms with van der Waals surface area (Å²) < 4.78 is 28.6. The van der Waals surface area contributed by atoms with Crippen LogP contribution in [0.25, 0.3) is 0 Å². The number of para-hydroxylation sites is 1. The Balaban J connectivity index is 1.16. The highest BCUT2D eigenvalue weighted by molar-refractivity contribution is 6.99. The lowest BCUT2D eigenvalue weighted by Crippen LogP contribution is -2.67. The van der Waals surface area contributed by atoms with E-state index in [9.17, 15) is 24.2 Å². The molecule has 3 aliphatic rings. The number of nitrogens with one attached hydrogen (secondary N) is 1. The summed E-state index contributed by atoms with van der Waals surface area (Å²) in [6.45, 7) is 6.58. The molecule has 2 amide bonds. The van der Waals surface area contributed by atoms with E-state index in [2.05, 4.69) is 50.4 Å². The number of amides is 2. The van der Waals surface area contributed by atoms with Crippen LogP contribution in [0.3, 0.4) is 0 Å². The molecule has 3 N–H and O–H groups in total. The van der Waals surface area contributed by atoms with E-state index < -0.39 is 61.4 Å². The summed E-state index contributed by atoms with van der Waals surface area (Å²) >= 11 is 0. The molecule has 3 fully saturated rings. The van der Waals surface area contributed by atoms with Crippen LogP contribution >= 0.6 is 0 Å². The van der Waals surface area contributed by atoms with Crippen LogP contribution in [-0.2, 0) is 18.8 Å². The fraction of sp³-hybridized carbons (Fsp3) is 0.289. The van der Waals surface area contributed by atoms with Crippen molar-refractivity contribution < 1.29 is 33.4 Å². The van der Waals surface area contributed by atoms with Crippen molar-refractivity contribution in [3.63, 3.8) is 0 Å². The van der Waals surface area contributed by atoms with Gasteiger partial charge in [-0.3, -0.25) is 14.5 Å². The third-order valence-corrected chi connectivity index (χ3v) is 16.8. The minimum absolute atomic E-state index is 0.0570. The van der Waals surface area contributed by atoms with E-state index in [1.54, 1.807) is 18.2 Å². The summed E-state index contributed by atoms with van der Waals surface area (Å²) in [7, 11) is -3.08. The Hall–Kier alpha value is -5.13. The zero-order valence-corrected chi connectivity index (χ0v) is 32.1. The number of benzene rings is 5. The highest BCUT2D eigenvalue weighted by Crippen LogP contribution is 2.59. The molecule has 1 saturated carbocycles. The maximum Gasteiger partial charge on any atom is 0.261 e. The van der Waals surface area contributed by atoms with Crippen molar-refractivity contribution in [1.82, 2.24) is 0 Å². The summed E-state index contributed by atoms with van der Waals surface area (Å²) in [5.74, 6) is -6.99. The highest BCUT2D eigenvalue weighted by atomic mass is 28.4. The van der Waals surface area contributed by atoms with Gasteiger partial charge in [0.2, 0.25) is 11.8 Å². The summed E-state index contributed by atoms with van der Waals surface area (Å²) in [6.07, 6.45) is -0.467. The number of aliphatic hydroxyl groups is 1. The smallest absolute Gasteiger partial charge is 0.261 e. The summed E-state index contributed by atoms with van der Waals surface area (Å²) in [5, 5.41) is 27.9. The number of aromatic hydroxyl groups is 1. The van der Waals surface area contributed by atoms with Gasteiger partial charge in [0, 0.05) is 29.8 Å². The zero-order valence-electron chi connectivity index (χ0n) is 31.1. The molecule has 6 atom stereocenters. The second kappa shape index (κ2) is 14.2. The number of nitrogens with zero attached hydrogens (tertiary/aromatic N) is 1. The molecule has 8 rings (SSSR count). The highest BCUT2D eigenvalue weighted by Gasteiger charge is 2.67. The van der Waals surface area contributed by atoms with Crippen LogP contribution in [0.5, 0.6) is 5.75 Å². The molecule has 0 aromatic heterocycles. The fourth-order valence-electron chi connectivity index (χ4n) is 9.23. The number of halogens is 1. The standard InChI is InChI=1S/C45H45FN2O6Si/c1-44(2,3)55(34-15-9-5-10-16-34,35-17-11-6-12-18-35)53-28-30-26-36-41(37-27-40(54-45(30,37)52)29-19-24-39(49)38(46)25-29)43(51)48(42(36)50)33-22-20-32(21-23-33)47-31-13-7-4-8-14-31/h4-25,30,36-37,40-41,47,49,52H,26-28H2,1-3H3/t30-,36+,37+,40+,41+,45-/m1/s1. The van der Waals surface area contributed by atoms with E-state index in [0.29, 0.717) is 11.3 Å². The number of anilines is 3. The monoisotopic (exact) mass is 756 g/mol. The van der Waals surface area contributed by atoms with Crippen molar-refractivity contribution in [2.75, 3.05) is 16.8 Å². The third-order valence-electron chi connectivity index (χ3n) is 11.8. The Morgan fingerprint density at radius 2 is 1.40 bits per heavy atom. The minimum Gasteiger partial charge on any atom is -0.505 e. The molecular weight excluding hydrogens is 712 g/mol. The van der Waals surface area contributed by atoms with Crippen LogP contribution in [0.4, 0.5) is 21.5 Å². The molecule has 2 aliphatic heterocycles. The molecule has 0 bridgehead atoms. The van der Waals surface area contributed by atoms with Crippen molar-refractivity contribution in [1.29, 1.82) is 0 Å². The van der Waals surface area contributed by atoms with Gasteiger partial charge in [-0.05, 0) is 82.3 Å². The second-order valence-corrected chi connectivity index (χ2v) is 20.3. The van der Waals surface area contributed by atoms with Gasteiger partial charge in [-0.15, -0.1) is 0 Å². The number of imide groups is 1. The molecule has 1 aliphatic carbocycles. The van der Waals surface area contributed by atoms with E-state index in [4.69, 9.17) is 9.16 Å². The summed E-state index contributed by atoms with van der Waals surface area (Å²) in [5.41, 5.74) is 2.58. The molecule has 10 heteroatoms. The molecular formula is C45H45FN2O6Si. The van der Waals surface area contributed by atoms with E-state index >= 15 is 0 Å².